The van der Waals surface area contributed by atoms with E-state index in [0.717, 1.165) is 17.8 Å². The van der Waals surface area contributed by atoms with Crippen LogP contribution in [0, 0.1) is 6.92 Å². The van der Waals surface area contributed by atoms with Crippen molar-refractivity contribution in [1.29, 1.82) is 0 Å². The molecule has 0 saturated heterocycles. The maximum atomic E-state index is 12.4. The maximum Gasteiger partial charge on any atom is 0.276 e. The summed E-state index contributed by atoms with van der Waals surface area (Å²) in [5, 5.41) is 11.5. The minimum absolute atomic E-state index is 0.282. The van der Waals surface area contributed by atoms with Crippen LogP contribution in [0.15, 0.2) is 18.5 Å². The number of carbonyl (C=O) groups excluding carboxylic acids is 1. The third-order valence-corrected chi connectivity index (χ3v) is 4.27. The SMILES string of the molecule is CCc1cc(-c2cnc(NC(=O)c3c(Cl)c(C)nn3C)cn2)n(C)n1. The first-order chi connectivity index (χ1) is 11.9. The van der Waals surface area contributed by atoms with E-state index in [1.54, 1.807) is 24.9 Å². The van der Waals surface area contributed by atoms with Crippen molar-refractivity contribution in [3.8, 4) is 11.4 Å². The third kappa shape index (κ3) is 3.25. The molecule has 3 aromatic heterocycles. The molecule has 1 N–H and O–H groups in total. The highest BCUT2D eigenvalue weighted by molar-refractivity contribution is 6.34. The topological polar surface area (TPSA) is 90.5 Å². The van der Waals surface area contributed by atoms with Gasteiger partial charge in [0.05, 0.1) is 34.5 Å². The molecule has 0 aliphatic rings. The van der Waals surface area contributed by atoms with Gasteiger partial charge in [0.1, 0.15) is 11.4 Å². The molecule has 0 spiro atoms. The zero-order valence-electron chi connectivity index (χ0n) is 14.4. The fraction of sp³-hybridized carbons (Fsp3) is 0.312. The predicted molar refractivity (Wildman–Crippen MR) is 94.5 cm³/mol. The van der Waals surface area contributed by atoms with Crippen LogP contribution in [-0.2, 0) is 20.5 Å². The first kappa shape index (κ1) is 17.1. The molecule has 9 heteroatoms. The second-order valence-corrected chi connectivity index (χ2v) is 5.99. The van der Waals surface area contributed by atoms with Crippen LogP contribution in [0.25, 0.3) is 11.4 Å². The normalized spacial score (nSPS) is 10.9. The van der Waals surface area contributed by atoms with Crippen molar-refractivity contribution in [2.24, 2.45) is 14.1 Å². The number of nitrogens with one attached hydrogen (secondary N) is 1. The van der Waals surface area contributed by atoms with Gasteiger partial charge in [-0.15, -0.1) is 0 Å². The van der Waals surface area contributed by atoms with E-state index in [0.29, 0.717) is 22.2 Å². The van der Waals surface area contributed by atoms with Gasteiger partial charge in [-0.1, -0.05) is 18.5 Å². The molecule has 0 saturated carbocycles. The fourth-order valence-electron chi connectivity index (χ4n) is 2.52. The van der Waals surface area contributed by atoms with Gasteiger partial charge in [0.25, 0.3) is 5.91 Å². The number of aromatic nitrogens is 6. The number of nitrogens with zero attached hydrogens (tertiary/aromatic N) is 6. The molecule has 0 aromatic carbocycles. The Kier molecular flexibility index (Phi) is 4.54. The lowest BCUT2D eigenvalue weighted by molar-refractivity contribution is 0.101. The fourth-order valence-corrected chi connectivity index (χ4v) is 2.76. The molecule has 25 heavy (non-hydrogen) atoms. The summed E-state index contributed by atoms with van der Waals surface area (Å²) in [5.41, 5.74) is 3.41. The highest BCUT2D eigenvalue weighted by Gasteiger charge is 2.19. The van der Waals surface area contributed by atoms with Crippen molar-refractivity contribution < 1.29 is 4.79 Å². The largest absolute Gasteiger partial charge is 0.304 e. The number of aryl methyl sites for hydroxylation is 4. The van der Waals surface area contributed by atoms with E-state index in [1.807, 2.05) is 20.0 Å². The van der Waals surface area contributed by atoms with E-state index in [4.69, 9.17) is 11.6 Å². The molecule has 3 rings (SSSR count). The van der Waals surface area contributed by atoms with Crippen LogP contribution < -0.4 is 5.32 Å². The lowest BCUT2D eigenvalue weighted by Crippen LogP contribution is -2.17. The van der Waals surface area contributed by atoms with E-state index in [1.165, 1.54) is 10.9 Å². The summed E-state index contributed by atoms with van der Waals surface area (Å²) in [4.78, 5) is 21.0. The summed E-state index contributed by atoms with van der Waals surface area (Å²) in [7, 11) is 3.52. The van der Waals surface area contributed by atoms with Crippen molar-refractivity contribution in [3.63, 3.8) is 0 Å². The molecular formula is C16H18ClN7O. The Balaban J connectivity index is 1.81. The van der Waals surface area contributed by atoms with Crippen LogP contribution in [0.2, 0.25) is 5.02 Å². The molecule has 0 atom stereocenters. The Morgan fingerprint density at radius 3 is 2.48 bits per heavy atom. The zero-order chi connectivity index (χ0) is 18.1. The van der Waals surface area contributed by atoms with Gasteiger partial charge in [-0.25, -0.2) is 9.97 Å². The number of anilines is 1. The highest BCUT2D eigenvalue weighted by Crippen LogP contribution is 2.21. The molecule has 1 amide bonds. The number of hydrogen-bond donors (Lipinski definition) is 1. The van der Waals surface area contributed by atoms with Crippen molar-refractivity contribution in [3.05, 3.63) is 40.6 Å². The van der Waals surface area contributed by atoms with Crippen LogP contribution in [-0.4, -0.2) is 35.4 Å². The molecule has 0 aliphatic carbocycles. The predicted octanol–water partition coefficient (Wildman–Crippen LogP) is 2.39. The van der Waals surface area contributed by atoms with E-state index in [9.17, 15) is 4.79 Å². The van der Waals surface area contributed by atoms with Gasteiger partial charge in [-0.3, -0.25) is 14.2 Å². The second kappa shape index (κ2) is 6.64. The summed E-state index contributed by atoms with van der Waals surface area (Å²) in [6.45, 7) is 3.79. The average Bonchev–Trinajstić information content (AvgIpc) is 3.07. The Bertz CT molecular complexity index is 927. The lowest BCUT2D eigenvalue weighted by atomic mass is 10.2. The summed E-state index contributed by atoms with van der Waals surface area (Å²) < 4.78 is 3.20. The highest BCUT2D eigenvalue weighted by atomic mass is 35.5. The molecule has 0 radical (unpaired) electrons. The zero-order valence-corrected chi connectivity index (χ0v) is 15.2. The third-order valence-electron chi connectivity index (χ3n) is 3.81. The summed E-state index contributed by atoms with van der Waals surface area (Å²) in [6.07, 6.45) is 3.95. The monoisotopic (exact) mass is 359 g/mol. The molecule has 3 heterocycles. The molecule has 0 bridgehead atoms. The molecule has 0 aliphatic heterocycles. The molecule has 130 valence electrons. The molecule has 8 nitrogen and oxygen atoms in total. The number of carbonyl (C=O) groups is 1. The van der Waals surface area contributed by atoms with Gasteiger partial charge in [0.15, 0.2) is 5.82 Å². The number of halogens is 1. The first-order valence-electron chi connectivity index (χ1n) is 7.76. The van der Waals surface area contributed by atoms with Crippen LogP contribution >= 0.6 is 11.6 Å². The number of rotatable bonds is 4. The minimum atomic E-state index is -0.385. The quantitative estimate of drug-likeness (QED) is 0.772. The second-order valence-electron chi connectivity index (χ2n) is 5.61. The van der Waals surface area contributed by atoms with Crippen molar-refractivity contribution in [2.75, 3.05) is 5.32 Å². The Morgan fingerprint density at radius 2 is 1.96 bits per heavy atom. The van der Waals surface area contributed by atoms with E-state index >= 15 is 0 Å². The lowest BCUT2D eigenvalue weighted by Gasteiger charge is -2.06. The smallest absolute Gasteiger partial charge is 0.276 e. The number of amides is 1. The Morgan fingerprint density at radius 1 is 1.20 bits per heavy atom. The van der Waals surface area contributed by atoms with Crippen molar-refractivity contribution in [2.45, 2.75) is 20.3 Å². The van der Waals surface area contributed by atoms with Gasteiger partial charge >= 0.3 is 0 Å². The molecule has 3 aromatic rings. The molecular weight excluding hydrogens is 342 g/mol. The average molecular weight is 360 g/mol. The Labute approximate surface area is 149 Å². The standard InChI is InChI=1S/C16H18ClN7O/c1-5-10-6-12(23(3)22-10)11-7-19-13(8-18-11)20-16(25)15-14(17)9(2)21-24(15)4/h6-8H,5H2,1-4H3,(H,19,20,25). The van der Waals surface area contributed by atoms with Crippen LogP contribution in [0.4, 0.5) is 5.82 Å². The molecule has 0 fully saturated rings. The van der Waals surface area contributed by atoms with Crippen LogP contribution in [0.3, 0.4) is 0 Å². The Hall–Kier alpha value is -2.74. The minimum Gasteiger partial charge on any atom is -0.304 e. The summed E-state index contributed by atoms with van der Waals surface area (Å²) in [5.74, 6) is -0.0505. The van der Waals surface area contributed by atoms with Crippen molar-refractivity contribution in [1.82, 2.24) is 29.5 Å². The van der Waals surface area contributed by atoms with Gasteiger partial charge in [0, 0.05) is 14.1 Å². The molecule has 0 unspecified atom stereocenters. The summed E-state index contributed by atoms with van der Waals surface area (Å²) >= 11 is 6.12. The number of hydrogen-bond acceptors (Lipinski definition) is 5. The van der Waals surface area contributed by atoms with E-state index in [2.05, 4.69) is 25.5 Å². The van der Waals surface area contributed by atoms with Gasteiger partial charge < -0.3 is 5.32 Å². The van der Waals surface area contributed by atoms with Gasteiger partial charge in [-0.05, 0) is 19.4 Å². The van der Waals surface area contributed by atoms with Crippen LogP contribution in [0.1, 0.15) is 28.8 Å². The van der Waals surface area contributed by atoms with Crippen LogP contribution in [0.5, 0.6) is 0 Å². The van der Waals surface area contributed by atoms with Crippen molar-refractivity contribution >= 4 is 23.3 Å². The maximum absolute atomic E-state index is 12.4. The van der Waals surface area contributed by atoms with Gasteiger partial charge in [-0.2, -0.15) is 10.2 Å². The van der Waals surface area contributed by atoms with E-state index in [-0.39, 0.29) is 11.6 Å². The first-order valence-corrected chi connectivity index (χ1v) is 8.14. The summed E-state index contributed by atoms with van der Waals surface area (Å²) in [6, 6.07) is 1.97. The van der Waals surface area contributed by atoms with Gasteiger partial charge in [0.2, 0.25) is 0 Å². The van der Waals surface area contributed by atoms with E-state index < -0.39 is 0 Å².